The zero-order valence-corrected chi connectivity index (χ0v) is 15.2. The molecule has 0 aliphatic carbocycles. The van der Waals surface area contributed by atoms with Gasteiger partial charge in [-0.05, 0) is 31.2 Å². The number of nitrogens with one attached hydrogen (secondary N) is 3. The van der Waals surface area contributed by atoms with Crippen molar-refractivity contribution in [3.63, 3.8) is 0 Å². The van der Waals surface area contributed by atoms with Gasteiger partial charge in [-0.15, -0.1) is 0 Å². The lowest BCUT2D eigenvalue weighted by molar-refractivity contribution is -0.907. The van der Waals surface area contributed by atoms with Crippen LogP contribution in [0.15, 0.2) is 36.4 Å². The van der Waals surface area contributed by atoms with Crippen LogP contribution in [0.3, 0.4) is 0 Å². The predicted molar refractivity (Wildman–Crippen MR) is 94.8 cm³/mol. The minimum absolute atomic E-state index is 0.191. The Morgan fingerprint density at radius 2 is 1.67 bits per heavy atom. The van der Waals surface area contributed by atoms with Gasteiger partial charge in [0.1, 0.15) is 6.54 Å². The number of anilines is 1. The van der Waals surface area contributed by atoms with Crippen LogP contribution in [0.4, 0.5) is 18.9 Å². The van der Waals surface area contributed by atoms with Gasteiger partial charge >= 0.3 is 0 Å². The largest absolute Gasteiger partial charge is 0.355 e. The smallest absolute Gasteiger partial charge is 0.282 e. The number of quaternary nitrogens is 1. The first kappa shape index (κ1) is 20.4. The first-order chi connectivity index (χ1) is 12.7. The third-order valence-corrected chi connectivity index (χ3v) is 4.35. The average Bonchev–Trinajstić information content (AvgIpc) is 2.67. The second kappa shape index (κ2) is 8.68. The monoisotopic (exact) mass is 380 g/mol. The maximum absolute atomic E-state index is 13.7. The van der Waals surface area contributed by atoms with Crippen LogP contribution >= 0.6 is 0 Å². The van der Waals surface area contributed by atoms with E-state index in [9.17, 15) is 22.8 Å². The molecule has 0 aliphatic rings. The van der Waals surface area contributed by atoms with E-state index in [1.165, 1.54) is 0 Å². The molecule has 8 heteroatoms. The van der Waals surface area contributed by atoms with E-state index in [0.717, 1.165) is 22.6 Å². The second-order valence-electron chi connectivity index (χ2n) is 6.23. The van der Waals surface area contributed by atoms with Crippen molar-refractivity contribution in [2.75, 3.05) is 19.4 Å². The molecule has 0 fully saturated rings. The van der Waals surface area contributed by atoms with Crippen molar-refractivity contribution in [1.82, 2.24) is 5.32 Å². The summed E-state index contributed by atoms with van der Waals surface area (Å²) in [6.07, 6.45) is 0. The minimum atomic E-state index is -1.63. The lowest BCUT2D eigenvalue weighted by Crippen LogP contribution is -3.12. The lowest BCUT2D eigenvalue weighted by Gasteiger charge is -2.21. The van der Waals surface area contributed by atoms with E-state index < -0.39 is 35.1 Å². The summed E-state index contributed by atoms with van der Waals surface area (Å²) in [7, 11) is 3.32. The van der Waals surface area contributed by atoms with Crippen LogP contribution in [-0.2, 0) is 11.3 Å². The van der Waals surface area contributed by atoms with Gasteiger partial charge in [0, 0.05) is 18.2 Å². The maximum atomic E-state index is 13.7. The fraction of sp³-hybridized carbons (Fsp3) is 0.263. The van der Waals surface area contributed by atoms with Gasteiger partial charge in [0.25, 0.3) is 11.8 Å². The van der Waals surface area contributed by atoms with Gasteiger partial charge in [0.2, 0.25) is 0 Å². The fourth-order valence-corrected chi connectivity index (χ4v) is 2.48. The molecule has 0 heterocycles. The molecule has 2 aromatic rings. The molecular weight excluding hydrogens is 359 g/mol. The lowest BCUT2D eigenvalue weighted by atomic mass is 10.1. The second-order valence-corrected chi connectivity index (χ2v) is 6.23. The van der Waals surface area contributed by atoms with E-state index in [0.29, 0.717) is 12.1 Å². The molecule has 0 aliphatic heterocycles. The normalized spacial score (nSPS) is 13.0. The third-order valence-electron chi connectivity index (χ3n) is 4.35. The van der Waals surface area contributed by atoms with E-state index in [4.69, 9.17) is 0 Å². The molecule has 0 saturated carbocycles. The Hall–Kier alpha value is -2.87. The van der Waals surface area contributed by atoms with Gasteiger partial charge in [-0.2, -0.15) is 0 Å². The van der Waals surface area contributed by atoms with E-state index >= 15 is 0 Å². The number of rotatable bonds is 6. The highest BCUT2D eigenvalue weighted by Gasteiger charge is 2.24. The number of halogens is 3. The summed E-state index contributed by atoms with van der Waals surface area (Å²) in [5.41, 5.74) is 1.02. The molecule has 2 amide bonds. The highest BCUT2D eigenvalue weighted by Crippen LogP contribution is 2.19. The number of amides is 2. The van der Waals surface area contributed by atoms with Crippen LogP contribution in [0.25, 0.3) is 0 Å². The predicted octanol–water partition coefficient (Wildman–Crippen LogP) is 1.51. The van der Waals surface area contributed by atoms with Gasteiger partial charge in [-0.25, -0.2) is 13.2 Å². The highest BCUT2D eigenvalue weighted by molar-refractivity contribution is 5.94. The third kappa shape index (κ3) is 4.85. The standard InChI is InChI=1S/C19H20F3N3O2/c1-11(18(26)24-15-9-8-14(20)16(21)17(15)22)25(3)10-12-4-6-13(7-5-12)19(27)23-2/h4-9,11H,10H2,1-3H3,(H,23,27)(H,24,26)/p+1/t11-/m0/s1. The number of hydrogen-bond donors (Lipinski definition) is 3. The molecule has 27 heavy (non-hydrogen) atoms. The summed E-state index contributed by atoms with van der Waals surface area (Å²) < 4.78 is 39.9. The van der Waals surface area contributed by atoms with E-state index in [-0.39, 0.29) is 5.91 Å². The maximum Gasteiger partial charge on any atom is 0.282 e. The van der Waals surface area contributed by atoms with Gasteiger partial charge in [0.15, 0.2) is 23.5 Å². The van der Waals surface area contributed by atoms with Crippen LogP contribution in [0.1, 0.15) is 22.8 Å². The van der Waals surface area contributed by atoms with Crippen molar-refractivity contribution in [2.24, 2.45) is 0 Å². The Morgan fingerprint density at radius 1 is 1.04 bits per heavy atom. The van der Waals surface area contributed by atoms with Crippen LogP contribution in [0.2, 0.25) is 0 Å². The molecular formula is C19H21F3N3O2+. The summed E-state index contributed by atoms with van der Waals surface area (Å²) in [5.74, 6) is -5.10. The SMILES string of the molecule is CNC(=O)c1ccc(C[NH+](C)[C@@H](C)C(=O)Nc2ccc(F)c(F)c2F)cc1. The molecule has 0 bridgehead atoms. The Balaban J connectivity index is 2.02. The molecule has 2 aromatic carbocycles. The number of benzene rings is 2. The topological polar surface area (TPSA) is 62.6 Å². The van der Waals surface area contributed by atoms with Crippen molar-refractivity contribution in [2.45, 2.75) is 19.5 Å². The van der Waals surface area contributed by atoms with Gasteiger partial charge in [-0.1, -0.05) is 12.1 Å². The Bertz CT molecular complexity index is 841. The van der Waals surface area contributed by atoms with Gasteiger partial charge in [-0.3, -0.25) is 9.59 Å². The zero-order chi connectivity index (χ0) is 20.1. The minimum Gasteiger partial charge on any atom is -0.355 e. The molecule has 0 radical (unpaired) electrons. The highest BCUT2D eigenvalue weighted by atomic mass is 19.2. The number of carbonyl (C=O) groups excluding carboxylic acids is 2. The molecule has 144 valence electrons. The van der Waals surface area contributed by atoms with Crippen molar-refractivity contribution >= 4 is 17.5 Å². The van der Waals surface area contributed by atoms with E-state index in [2.05, 4.69) is 10.6 Å². The van der Waals surface area contributed by atoms with Crippen LogP contribution in [0.5, 0.6) is 0 Å². The summed E-state index contributed by atoms with van der Waals surface area (Å²) in [6, 6.07) is 8.08. The zero-order valence-electron chi connectivity index (χ0n) is 15.2. The molecule has 2 atom stereocenters. The Labute approximate surface area is 155 Å². The van der Waals surface area contributed by atoms with E-state index in [1.807, 2.05) is 0 Å². The summed E-state index contributed by atoms with van der Waals surface area (Å²) in [4.78, 5) is 24.6. The van der Waals surface area contributed by atoms with Crippen molar-refractivity contribution in [3.8, 4) is 0 Å². The van der Waals surface area contributed by atoms with Gasteiger partial charge < -0.3 is 15.5 Å². The van der Waals surface area contributed by atoms with Crippen molar-refractivity contribution in [3.05, 3.63) is 65.0 Å². The molecule has 0 aromatic heterocycles. The average molecular weight is 380 g/mol. The van der Waals surface area contributed by atoms with Gasteiger partial charge in [0.05, 0.1) is 12.7 Å². The van der Waals surface area contributed by atoms with Crippen molar-refractivity contribution in [1.29, 1.82) is 0 Å². The first-order valence-electron chi connectivity index (χ1n) is 8.32. The van der Waals surface area contributed by atoms with Crippen molar-refractivity contribution < 1.29 is 27.7 Å². The number of hydrogen-bond acceptors (Lipinski definition) is 2. The molecule has 1 unspecified atom stereocenters. The molecule has 0 saturated heterocycles. The molecule has 2 rings (SSSR count). The summed E-state index contributed by atoms with van der Waals surface area (Å²) >= 11 is 0. The fourth-order valence-electron chi connectivity index (χ4n) is 2.48. The molecule has 5 nitrogen and oxygen atoms in total. The number of carbonyl (C=O) groups is 2. The first-order valence-corrected chi connectivity index (χ1v) is 8.32. The Kier molecular flexibility index (Phi) is 6.57. The van der Waals surface area contributed by atoms with E-state index in [1.54, 1.807) is 45.3 Å². The van der Waals surface area contributed by atoms with Crippen LogP contribution < -0.4 is 15.5 Å². The number of likely N-dealkylation sites (N-methyl/N-ethyl adjacent to an activating group) is 1. The summed E-state index contributed by atoms with van der Waals surface area (Å²) in [6.45, 7) is 2.12. The van der Waals surface area contributed by atoms with Crippen LogP contribution in [-0.4, -0.2) is 32.0 Å². The molecule has 0 spiro atoms. The molecule has 3 N–H and O–H groups in total. The Morgan fingerprint density at radius 3 is 2.26 bits per heavy atom. The van der Waals surface area contributed by atoms with Crippen LogP contribution in [0, 0.1) is 17.5 Å². The summed E-state index contributed by atoms with van der Waals surface area (Å²) in [5, 5.41) is 4.81. The quantitative estimate of drug-likeness (QED) is 0.666.